The third-order valence-electron chi connectivity index (χ3n) is 3.85. The van der Waals surface area contributed by atoms with Crippen LogP contribution in [0.25, 0.3) is 18.3 Å². The van der Waals surface area contributed by atoms with Gasteiger partial charge in [-0.25, -0.2) is 9.48 Å². The lowest BCUT2D eigenvalue weighted by atomic mass is 10.1. The molecule has 132 valence electrons. The van der Waals surface area contributed by atoms with Crippen molar-refractivity contribution in [1.29, 1.82) is 0 Å². The summed E-state index contributed by atoms with van der Waals surface area (Å²) in [7, 11) is 1.53. The van der Waals surface area contributed by atoms with Crippen LogP contribution in [0.2, 0.25) is 5.02 Å². The van der Waals surface area contributed by atoms with Gasteiger partial charge in [0.25, 0.3) is 5.56 Å². The van der Waals surface area contributed by atoms with Gasteiger partial charge in [0.05, 0.1) is 28.9 Å². The molecule has 0 atom stereocenters. The molecule has 0 spiro atoms. The van der Waals surface area contributed by atoms with E-state index in [1.807, 2.05) is 0 Å². The molecule has 1 heterocycles. The predicted octanol–water partition coefficient (Wildman–Crippen LogP) is 1.76. The molecule has 0 aliphatic carbocycles. The van der Waals surface area contributed by atoms with Crippen molar-refractivity contribution in [3.8, 4) is 11.4 Å². The number of carbonyl (C=O) groups is 1. The number of halogens is 1. The quantitative estimate of drug-likeness (QED) is 0.733. The van der Waals surface area contributed by atoms with Gasteiger partial charge in [0, 0.05) is 10.6 Å². The predicted molar refractivity (Wildman–Crippen MR) is 99.7 cm³/mol. The van der Waals surface area contributed by atoms with Gasteiger partial charge >= 0.3 is 5.97 Å². The Morgan fingerprint density at radius 1 is 1.31 bits per heavy atom. The highest BCUT2D eigenvalue weighted by Crippen LogP contribution is 2.22. The average Bonchev–Trinajstić information content (AvgIpc) is 2.90. The Balaban J connectivity index is 2.21. The zero-order chi connectivity index (χ0) is 18.8. The number of rotatable bonds is 4. The number of aromatic amines is 1. The standard InChI is InChI=1S/C19H15ClN2O4/c1-11-16(10-13-8-14(20)6-7-17(13)26-2)18(23)22(21-11)15-5-3-4-12(9-15)19(24)25/h3-10,21H,1H2,2H3,(H,24,25)/b16-10-. The van der Waals surface area contributed by atoms with Crippen molar-refractivity contribution in [2.75, 3.05) is 7.11 Å². The molecule has 0 bridgehead atoms. The third-order valence-corrected chi connectivity index (χ3v) is 4.08. The summed E-state index contributed by atoms with van der Waals surface area (Å²) >= 11 is 6.03. The van der Waals surface area contributed by atoms with Crippen molar-refractivity contribution in [1.82, 2.24) is 9.78 Å². The first-order chi connectivity index (χ1) is 12.4. The minimum Gasteiger partial charge on any atom is -0.496 e. The molecular formula is C19H15ClN2O4. The lowest BCUT2D eigenvalue weighted by molar-refractivity contribution is 0.0697. The number of nitrogens with one attached hydrogen (secondary N) is 1. The molecule has 0 radical (unpaired) electrons. The summed E-state index contributed by atoms with van der Waals surface area (Å²) < 4.78 is 6.54. The van der Waals surface area contributed by atoms with Crippen LogP contribution >= 0.6 is 11.6 Å². The normalized spacial score (nSPS) is 11.5. The number of carboxylic acids is 1. The number of ether oxygens (including phenoxy) is 1. The van der Waals surface area contributed by atoms with Gasteiger partial charge in [-0.3, -0.25) is 9.89 Å². The summed E-state index contributed by atoms with van der Waals surface area (Å²) in [6.07, 6.45) is 1.63. The van der Waals surface area contributed by atoms with E-state index in [1.165, 1.54) is 23.9 Å². The number of aromatic carboxylic acids is 1. The molecule has 0 unspecified atom stereocenters. The number of hydrogen-bond acceptors (Lipinski definition) is 3. The van der Waals surface area contributed by atoms with Crippen LogP contribution in [0.1, 0.15) is 15.9 Å². The van der Waals surface area contributed by atoms with E-state index in [-0.39, 0.29) is 11.1 Å². The highest BCUT2D eigenvalue weighted by molar-refractivity contribution is 6.30. The Bertz CT molecular complexity index is 1160. The van der Waals surface area contributed by atoms with E-state index in [9.17, 15) is 9.59 Å². The Hall–Kier alpha value is -3.25. The number of carboxylic acid groups (broad SMARTS) is 1. The average molecular weight is 371 g/mol. The summed E-state index contributed by atoms with van der Waals surface area (Å²) in [6, 6.07) is 11.1. The van der Waals surface area contributed by atoms with Crippen molar-refractivity contribution in [2.45, 2.75) is 0 Å². The summed E-state index contributed by atoms with van der Waals surface area (Å²) in [4.78, 5) is 23.9. The number of H-pyrrole nitrogens is 1. The third kappa shape index (κ3) is 3.27. The van der Waals surface area contributed by atoms with Crippen molar-refractivity contribution in [3.05, 3.63) is 79.5 Å². The largest absolute Gasteiger partial charge is 0.496 e. The molecule has 1 aromatic heterocycles. The first kappa shape index (κ1) is 17.6. The number of methoxy groups -OCH3 is 1. The van der Waals surface area contributed by atoms with Crippen molar-refractivity contribution >= 4 is 30.2 Å². The van der Waals surface area contributed by atoms with Gasteiger partial charge in [0.1, 0.15) is 5.75 Å². The zero-order valence-corrected chi connectivity index (χ0v) is 14.6. The van der Waals surface area contributed by atoms with Crippen LogP contribution in [-0.2, 0) is 0 Å². The fraction of sp³-hybridized carbons (Fsp3) is 0.0526. The molecular weight excluding hydrogens is 356 g/mol. The van der Waals surface area contributed by atoms with Crippen LogP contribution in [0.4, 0.5) is 0 Å². The molecule has 3 rings (SSSR count). The van der Waals surface area contributed by atoms with E-state index >= 15 is 0 Å². The monoisotopic (exact) mass is 370 g/mol. The van der Waals surface area contributed by atoms with Gasteiger partial charge in [0.2, 0.25) is 0 Å². The van der Waals surface area contributed by atoms with Crippen LogP contribution in [0.5, 0.6) is 5.75 Å². The van der Waals surface area contributed by atoms with Crippen LogP contribution in [0.3, 0.4) is 0 Å². The molecule has 6 nitrogen and oxygen atoms in total. The van der Waals surface area contributed by atoms with Crippen molar-refractivity contribution in [3.63, 3.8) is 0 Å². The second-order valence-electron chi connectivity index (χ2n) is 5.53. The van der Waals surface area contributed by atoms with Crippen LogP contribution in [0, 0.1) is 0 Å². The summed E-state index contributed by atoms with van der Waals surface area (Å²) in [5, 5.41) is 13.2. The van der Waals surface area contributed by atoms with Crippen LogP contribution in [-0.4, -0.2) is 28.0 Å². The minimum absolute atomic E-state index is 0.0802. The second-order valence-corrected chi connectivity index (χ2v) is 5.97. The molecule has 7 heteroatoms. The van der Waals surface area contributed by atoms with Crippen LogP contribution in [0.15, 0.2) is 47.3 Å². The highest BCUT2D eigenvalue weighted by Gasteiger charge is 2.09. The maximum absolute atomic E-state index is 12.8. The lowest BCUT2D eigenvalue weighted by Crippen LogP contribution is -2.34. The molecule has 0 amide bonds. The minimum atomic E-state index is -1.07. The number of nitrogens with zero attached hydrogens (tertiary/aromatic N) is 1. The summed E-state index contributed by atoms with van der Waals surface area (Å²) in [5.74, 6) is -0.509. The number of aromatic nitrogens is 2. The second kappa shape index (κ2) is 6.93. The molecule has 0 saturated carbocycles. The zero-order valence-electron chi connectivity index (χ0n) is 13.8. The van der Waals surface area contributed by atoms with E-state index in [4.69, 9.17) is 21.4 Å². The van der Waals surface area contributed by atoms with Gasteiger partial charge in [-0.15, -0.1) is 0 Å². The molecule has 3 aromatic rings. The summed E-state index contributed by atoms with van der Waals surface area (Å²) in [5.41, 5.74) is 0.751. The smallest absolute Gasteiger partial charge is 0.335 e. The van der Waals surface area contributed by atoms with E-state index in [2.05, 4.69) is 11.7 Å². The van der Waals surface area contributed by atoms with Crippen LogP contribution < -0.4 is 20.9 Å². The van der Waals surface area contributed by atoms with Gasteiger partial charge < -0.3 is 9.84 Å². The fourth-order valence-corrected chi connectivity index (χ4v) is 2.76. The molecule has 26 heavy (non-hydrogen) atoms. The van der Waals surface area contributed by atoms with E-state index in [0.717, 1.165) is 0 Å². The van der Waals surface area contributed by atoms with E-state index in [0.29, 0.717) is 32.6 Å². The first-order valence-electron chi connectivity index (χ1n) is 7.59. The summed E-state index contributed by atoms with van der Waals surface area (Å²) in [6.45, 7) is 3.86. The maximum atomic E-state index is 12.8. The molecule has 0 fully saturated rings. The Labute approximate surface area is 153 Å². The van der Waals surface area contributed by atoms with Gasteiger partial charge in [0.15, 0.2) is 0 Å². The topological polar surface area (TPSA) is 84.3 Å². The van der Waals surface area contributed by atoms with E-state index < -0.39 is 5.97 Å². The lowest BCUT2D eigenvalue weighted by Gasteiger charge is -2.04. The molecule has 0 aliphatic heterocycles. The van der Waals surface area contributed by atoms with Gasteiger partial charge in [-0.2, -0.15) is 0 Å². The molecule has 0 saturated heterocycles. The Kier molecular flexibility index (Phi) is 4.69. The SMILES string of the molecule is C=c1[nH]n(-c2cccc(C(=O)O)c2)c(=O)/c1=C\c1cc(Cl)ccc1OC. The Morgan fingerprint density at radius 2 is 2.08 bits per heavy atom. The molecule has 2 aromatic carbocycles. The van der Waals surface area contributed by atoms with Crippen molar-refractivity contribution in [2.24, 2.45) is 0 Å². The maximum Gasteiger partial charge on any atom is 0.335 e. The number of benzene rings is 2. The number of hydrogen-bond donors (Lipinski definition) is 2. The van der Waals surface area contributed by atoms with Crippen molar-refractivity contribution < 1.29 is 14.6 Å². The first-order valence-corrected chi connectivity index (χ1v) is 7.97. The van der Waals surface area contributed by atoms with Gasteiger partial charge in [-0.05, 0) is 42.5 Å². The molecule has 2 N–H and O–H groups in total. The Morgan fingerprint density at radius 3 is 2.77 bits per heavy atom. The fourth-order valence-electron chi connectivity index (χ4n) is 2.58. The highest BCUT2D eigenvalue weighted by atomic mass is 35.5. The van der Waals surface area contributed by atoms with E-state index in [1.54, 1.807) is 36.4 Å². The van der Waals surface area contributed by atoms with Gasteiger partial charge in [-0.1, -0.05) is 24.2 Å². The molecule has 0 aliphatic rings.